The van der Waals surface area contributed by atoms with Crippen LogP contribution in [0.15, 0.2) is 95.4 Å². The number of hydrogen-bond donors (Lipinski definition) is 2. The molecule has 4 aromatic rings. The fourth-order valence-electron chi connectivity index (χ4n) is 6.15. The van der Waals surface area contributed by atoms with Gasteiger partial charge in [0, 0.05) is 5.56 Å². The quantitative estimate of drug-likeness (QED) is 0.0164. The van der Waals surface area contributed by atoms with Crippen LogP contribution in [0.25, 0.3) is 11.3 Å². The van der Waals surface area contributed by atoms with E-state index in [2.05, 4.69) is 10.6 Å². The number of carbonyl (C=O) groups is 4. The molecule has 0 radical (unpaired) electrons. The van der Waals surface area contributed by atoms with E-state index in [1.54, 1.807) is 45.0 Å². The Labute approximate surface area is 352 Å². The van der Waals surface area contributed by atoms with Gasteiger partial charge in [-0.25, -0.2) is 9.90 Å². The monoisotopic (exact) mass is 847 g/mol. The Morgan fingerprint density at radius 2 is 1.50 bits per heavy atom. The van der Waals surface area contributed by atoms with Gasteiger partial charge >= 0.3 is 13.6 Å². The Kier molecular flexibility index (Phi) is 18.6. The third-order valence-electron chi connectivity index (χ3n) is 9.41. The van der Waals surface area contributed by atoms with Crippen LogP contribution in [0, 0.1) is 11.3 Å². The van der Waals surface area contributed by atoms with Crippen molar-refractivity contribution in [1.82, 2.24) is 15.7 Å². The minimum atomic E-state index is -3.98. The van der Waals surface area contributed by atoms with Gasteiger partial charge in [-0.3, -0.25) is 23.7 Å². The first-order chi connectivity index (χ1) is 28.8. The molecule has 0 bridgehead atoms. The predicted octanol–water partition coefficient (Wildman–Crippen LogP) is 8.31. The lowest BCUT2D eigenvalue weighted by molar-refractivity contribution is -0.236. The molecule has 15 heteroatoms. The zero-order chi connectivity index (χ0) is 43.5. The summed E-state index contributed by atoms with van der Waals surface area (Å²) in [6.07, 6.45) is 3.81. The van der Waals surface area contributed by atoms with Gasteiger partial charge in [-0.15, -0.1) is 0 Å². The molecule has 0 aliphatic rings. The van der Waals surface area contributed by atoms with Gasteiger partial charge in [-0.1, -0.05) is 93.8 Å². The molecule has 0 aliphatic heterocycles. The lowest BCUT2D eigenvalue weighted by Gasteiger charge is -2.32. The van der Waals surface area contributed by atoms with Crippen LogP contribution in [0.5, 0.6) is 5.75 Å². The van der Waals surface area contributed by atoms with Crippen LogP contribution in [-0.2, 0) is 50.8 Å². The first kappa shape index (κ1) is 47.4. The molecule has 0 saturated heterocycles. The highest BCUT2D eigenvalue weighted by atomic mass is 31.2. The summed E-state index contributed by atoms with van der Waals surface area (Å²) >= 11 is 0. The number of furan rings is 1. The topological polar surface area (TPSA) is 172 Å². The van der Waals surface area contributed by atoms with Crippen molar-refractivity contribution < 1.29 is 51.5 Å². The van der Waals surface area contributed by atoms with Crippen molar-refractivity contribution in [1.29, 1.82) is 0 Å². The van der Waals surface area contributed by atoms with Crippen molar-refractivity contribution in [2.75, 3.05) is 20.1 Å². The van der Waals surface area contributed by atoms with Crippen LogP contribution >= 0.6 is 7.60 Å². The molecule has 3 amide bonds. The van der Waals surface area contributed by atoms with E-state index >= 15 is 0 Å². The molecular formula is C45H58N3O11P. The Hall–Kier alpha value is -5.27. The molecule has 0 saturated carbocycles. The number of hydrogen-bond acceptors (Lipinski definition) is 11. The van der Waals surface area contributed by atoms with Gasteiger partial charge in [0.1, 0.15) is 11.5 Å². The summed E-state index contributed by atoms with van der Waals surface area (Å²) in [7, 11) is -3.98. The van der Waals surface area contributed by atoms with E-state index in [1.807, 2.05) is 81.4 Å². The summed E-state index contributed by atoms with van der Waals surface area (Å²) in [6, 6.07) is 26.1. The normalized spacial score (nSPS) is 12.6. The minimum Gasteiger partial charge on any atom is -0.494 e. The zero-order valence-corrected chi connectivity index (χ0v) is 36.2. The number of ether oxygens (including phenoxy) is 2. The van der Waals surface area contributed by atoms with Gasteiger partial charge < -0.3 is 33.6 Å². The van der Waals surface area contributed by atoms with Crippen molar-refractivity contribution in [2.45, 2.75) is 92.9 Å². The third kappa shape index (κ3) is 14.2. The van der Waals surface area contributed by atoms with Crippen LogP contribution in [0.2, 0.25) is 0 Å². The second kappa shape index (κ2) is 23.5. The van der Waals surface area contributed by atoms with E-state index in [-0.39, 0.29) is 36.7 Å². The molecule has 60 heavy (non-hydrogen) atoms. The highest BCUT2D eigenvalue weighted by Gasteiger charge is 2.33. The average molecular weight is 848 g/mol. The Morgan fingerprint density at radius 1 is 0.850 bits per heavy atom. The van der Waals surface area contributed by atoms with Crippen molar-refractivity contribution in [3.63, 3.8) is 0 Å². The van der Waals surface area contributed by atoms with Gasteiger partial charge in [-0.05, 0) is 82.0 Å². The summed E-state index contributed by atoms with van der Waals surface area (Å²) < 4.78 is 43.8. The molecule has 324 valence electrons. The smallest absolute Gasteiger partial charge is 0.362 e. The molecular weight excluding hydrogens is 789 g/mol. The van der Waals surface area contributed by atoms with Gasteiger partial charge in [0.15, 0.2) is 5.76 Å². The Morgan fingerprint density at radius 3 is 2.07 bits per heavy atom. The lowest BCUT2D eigenvalue weighted by atomic mass is 9.90. The summed E-state index contributed by atoms with van der Waals surface area (Å²) in [5.41, 5.74) is 1.32. The van der Waals surface area contributed by atoms with E-state index in [1.165, 1.54) is 6.07 Å². The number of esters is 1. The van der Waals surface area contributed by atoms with Crippen LogP contribution in [0.1, 0.15) is 95.3 Å². The third-order valence-corrected chi connectivity index (χ3v) is 11.2. The van der Waals surface area contributed by atoms with Crippen molar-refractivity contribution in [3.05, 3.63) is 108 Å². The van der Waals surface area contributed by atoms with Gasteiger partial charge in [0.05, 0.1) is 49.2 Å². The van der Waals surface area contributed by atoms with Gasteiger partial charge in [-0.2, -0.15) is 0 Å². The summed E-state index contributed by atoms with van der Waals surface area (Å²) in [5.74, 6) is -1.54. The summed E-state index contributed by atoms with van der Waals surface area (Å²) in [5, 5.41) is 6.68. The summed E-state index contributed by atoms with van der Waals surface area (Å²) in [4.78, 5) is 56.7. The molecule has 4 rings (SSSR count). The maximum atomic E-state index is 14.7. The van der Waals surface area contributed by atoms with Crippen LogP contribution in [0.3, 0.4) is 0 Å². The Bertz CT molecular complexity index is 1970. The van der Waals surface area contributed by atoms with Crippen LogP contribution in [-0.4, -0.2) is 55.4 Å². The number of amides is 3. The number of hydroxylamine groups is 2. The first-order valence-corrected chi connectivity index (χ1v) is 21.8. The van der Waals surface area contributed by atoms with E-state index in [0.29, 0.717) is 37.2 Å². The molecule has 2 unspecified atom stereocenters. The maximum Gasteiger partial charge on any atom is 0.362 e. The number of benzene rings is 3. The highest BCUT2D eigenvalue weighted by molar-refractivity contribution is 7.62. The molecule has 2 atom stereocenters. The number of unbranched alkanes of at least 4 members (excludes halogenated alkanes) is 2. The molecule has 1 heterocycles. The number of nitrogens with one attached hydrogen (secondary N) is 2. The zero-order valence-electron chi connectivity index (χ0n) is 35.3. The van der Waals surface area contributed by atoms with E-state index in [0.717, 1.165) is 35.5 Å². The molecule has 3 aromatic carbocycles. The molecule has 1 aromatic heterocycles. The lowest BCUT2D eigenvalue weighted by Crippen LogP contribution is -2.48. The second-order valence-corrected chi connectivity index (χ2v) is 17.1. The molecule has 0 aliphatic carbocycles. The van der Waals surface area contributed by atoms with Crippen LogP contribution < -0.4 is 20.7 Å². The first-order valence-electron chi connectivity index (χ1n) is 20.3. The minimum absolute atomic E-state index is 0.0270. The van der Waals surface area contributed by atoms with Crippen molar-refractivity contribution >= 4 is 37.1 Å². The fourth-order valence-corrected chi connectivity index (χ4v) is 7.74. The number of rotatable bonds is 25. The molecule has 0 fully saturated rings. The summed E-state index contributed by atoms with van der Waals surface area (Å²) in [6.45, 7) is 10.4. The number of nitrogens with zero attached hydrogens (tertiary/aromatic N) is 1. The maximum absolute atomic E-state index is 14.7. The largest absolute Gasteiger partial charge is 0.494 e. The predicted molar refractivity (Wildman–Crippen MR) is 227 cm³/mol. The molecule has 14 nitrogen and oxygen atoms in total. The fraction of sp³-hybridized carbons (Fsp3) is 0.422. The van der Waals surface area contributed by atoms with E-state index in [9.17, 15) is 23.7 Å². The van der Waals surface area contributed by atoms with E-state index in [4.69, 9.17) is 27.8 Å². The van der Waals surface area contributed by atoms with Gasteiger partial charge in [0.2, 0.25) is 19.1 Å². The highest BCUT2D eigenvalue weighted by Crippen LogP contribution is 2.50. The molecule has 2 N–H and O–H groups in total. The van der Waals surface area contributed by atoms with Crippen molar-refractivity contribution in [3.8, 4) is 17.1 Å². The van der Waals surface area contributed by atoms with Crippen LogP contribution in [0.4, 0.5) is 0 Å². The standard InChI is InChI=1S/C45H58N3O11P/c1-7-10-13-22-38(39(8-2)48(31-49)56-32-55-44(52)45(4,5)6)42(50)46-30-47-43(51)41-24-23-40(59-41)35-25-36(54-9-3)27-37(26-35)60(53,57-28-33-18-14-11-15-19-33)58-29-34-20-16-12-17-21-34/h11-12,14-21,23-27,31,38-39H,7-10,13,22,28-30,32H2,1-6H3,(H,46,50)(H,47,51). The Balaban J connectivity index is 1.48. The van der Waals surface area contributed by atoms with E-state index < -0.39 is 49.5 Å². The molecule has 0 spiro atoms. The average Bonchev–Trinajstić information content (AvgIpc) is 3.75. The van der Waals surface area contributed by atoms with Gasteiger partial charge in [0.25, 0.3) is 5.91 Å². The SMILES string of the molecule is CCCCCC(C(=O)NCNC(=O)c1ccc(-c2cc(OCC)cc(P(=O)(OCc3ccccc3)OCc3ccccc3)c2)o1)C(CC)N(C=O)OCOC(=O)C(C)(C)C. The number of carbonyl (C=O) groups excluding carboxylic acids is 4. The second-order valence-electron chi connectivity index (χ2n) is 15.0. The van der Waals surface area contributed by atoms with Crippen molar-refractivity contribution in [2.24, 2.45) is 11.3 Å².